The van der Waals surface area contributed by atoms with Crippen LogP contribution in [0, 0.1) is 0 Å². The first-order chi connectivity index (χ1) is 14.2. The number of hydrogen-bond acceptors (Lipinski definition) is 3. The van der Waals surface area contributed by atoms with Gasteiger partial charge >= 0.3 is 0 Å². The van der Waals surface area contributed by atoms with Crippen molar-refractivity contribution in [2.24, 2.45) is 0 Å². The average Bonchev–Trinajstić information content (AvgIpc) is 2.77. The van der Waals surface area contributed by atoms with Crippen molar-refractivity contribution in [3.63, 3.8) is 0 Å². The molecule has 2 N–H and O–H groups in total. The number of carbonyl (C=O) groups is 1. The van der Waals surface area contributed by atoms with E-state index in [0.717, 1.165) is 29.8 Å². The molecule has 29 heavy (non-hydrogen) atoms. The highest BCUT2D eigenvalue weighted by molar-refractivity contribution is 7.80. The van der Waals surface area contributed by atoms with E-state index < -0.39 is 0 Å². The van der Waals surface area contributed by atoms with Gasteiger partial charge in [-0.05, 0) is 54.9 Å². The smallest absolute Gasteiger partial charge is 0.252 e. The first-order valence-corrected chi connectivity index (χ1v) is 10.7. The zero-order chi connectivity index (χ0) is 20.2. The molecular formula is C23H27N3O2S. The Morgan fingerprint density at radius 3 is 2.34 bits per heavy atom. The van der Waals surface area contributed by atoms with Gasteiger partial charge in [0.2, 0.25) is 0 Å². The summed E-state index contributed by atoms with van der Waals surface area (Å²) < 4.78 is 5.24. The summed E-state index contributed by atoms with van der Waals surface area (Å²) >= 11 is 5.55. The number of amides is 1. The van der Waals surface area contributed by atoms with Gasteiger partial charge < -0.3 is 20.3 Å². The molecule has 1 aliphatic heterocycles. The van der Waals surface area contributed by atoms with Crippen LogP contribution in [-0.2, 0) is 4.79 Å². The molecule has 0 spiro atoms. The van der Waals surface area contributed by atoms with E-state index in [1.54, 1.807) is 7.11 Å². The lowest BCUT2D eigenvalue weighted by atomic mass is 9.87. The van der Waals surface area contributed by atoms with Gasteiger partial charge in [-0.15, -0.1) is 0 Å². The molecule has 1 saturated heterocycles. The van der Waals surface area contributed by atoms with E-state index in [0.29, 0.717) is 11.2 Å². The zero-order valence-corrected chi connectivity index (χ0v) is 17.5. The van der Waals surface area contributed by atoms with Gasteiger partial charge in [0.1, 0.15) is 11.8 Å². The van der Waals surface area contributed by atoms with Crippen LogP contribution < -0.4 is 20.3 Å². The van der Waals surface area contributed by atoms with Gasteiger partial charge in [0.15, 0.2) is 5.11 Å². The lowest BCUT2D eigenvalue weighted by Crippen LogP contribution is -2.67. The van der Waals surface area contributed by atoms with Crippen LogP contribution in [0.5, 0.6) is 5.75 Å². The van der Waals surface area contributed by atoms with Crippen LogP contribution in [-0.4, -0.2) is 30.2 Å². The van der Waals surface area contributed by atoms with Crippen LogP contribution in [0.4, 0.5) is 5.69 Å². The lowest BCUT2D eigenvalue weighted by molar-refractivity contribution is -0.126. The molecule has 2 fully saturated rings. The zero-order valence-electron chi connectivity index (χ0n) is 16.6. The first kappa shape index (κ1) is 19.7. The number of carbonyl (C=O) groups excluding carboxylic acids is 1. The van der Waals surface area contributed by atoms with Crippen molar-refractivity contribution in [2.45, 2.75) is 50.2 Å². The van der Waals surface area contributed by atoms with Gasteiger partial charge in [-0.2, -0.15) is 0 Å². The minimum absolute atomic E-state index is 0.0248. The molecule has 0 radical (unpaired) electrons. The summed E-state index contributed by atoms with van der Waals surface area (Å²) in [5.74, 6) is 0.794. The topological polar surface area (TPSA) is 53.6 Å². The summed E-state index contributed by atoms with van der Waals surface area (Å²) in [5.41, 5.74) is 1.94. The van der Waals surface area contributed by atoms with Crippen molar-refractivity contribution in [2.75, 3.05) is 12.0 Å². The summed E-state index contributed by atoms with van der Waals surface area (Å²) in [4.78, 5) is 14.9. The third-order valence-electron chi connectivity index (χ3n) is 5.82. The van der Waals surface area contributed by atoms with E-state index >= 15 is 0 Å². The van der Waals surface area contributed by atoms with Crippen molar-refractivity contribution in [1.82, 2.24) is 10.6 Å². The maximum Gasteiger partial charge on any atom is 0.252 e. The van der Waals surface area contributed by atoms with E-state index in [-0.39, 0.29) is 18.0 Å². The Balaban J connectivity index is 1.51. The first-order valence-electron chi connectivity index (χ1n) is 10.3. The molecule has 5 nitrogen and oxygen atoms in total. The highest BCUT2D eigenvalue weighted by Crippen LogP contribution is 2.39. The second-order valence-electron chi connectivity index (χ2n) is 7.69. The monoisotopic (exact) mass is 409 g/mol. The molecule has 1 aliphatic carbocycles. The fourth-order valence-electron chi connectivity index (χ4n) is 4.27. The second kappa shape index (κ2) is 8.82. The van der Waals surface area contributed by atoms with Crippen LogP contribution in [0.25, 0.3) is 0 Å². The van der Waals surface area contributed by atoms with Crippen LogP contribution >= 0.6 is 12.2 Å². The Hall–Kier alpha value is -2.60. The van der Waals surface area contributed by atoms with Gasteiger partial charge in [0.25, 0.3) is 5.91 Å². The highest BCUT2D eigenvalue weighted by atomic mass is 32.1. The third-order valence-corrected chi connectivity index (χ3v) is 6.05. The maximum absolute atomic E-state index is 13.1. The molecule has 1 heterocycles. The van der Waals surface area contributed by atoms with Crippen LogP contribution in [0.1, 0.15) is 43.7 Å². The van der Waals surface area contributed by atoms with Gasteiger partial charge in [-0.25, -0.2) is 0 Å². The Bertz CT molecular complexity index is 850. The number of β-lactam (4-membered cyclic amide) rings is 1. The number of rotatable bonds is 5. The normalized spacial score (nSPS) is 22.0. The average molecular weight is 410 g/mol. The number of thiocarbonyl (C=S) groups is 1. The highest BCUT2D eigenvalue weighted by Gasteiger charge is 2.49. The number of anilines is 1. The van der Waals surface area contributed by atoms with Gasteiger partial charge in [-0.3, -0.25) is 4.79 Å². The van der Waals surface area contributed by atoms with E-state index in [2.05, 4.69) is 22.8 Å². The summed E-state index contributed by atoms with van der Waals surface area (Å²) in [6.45, 7) is 0. The SMILES string of the molecule is COc1ccc(N2C(=O)[C@H](NC(=S)NC3CCCCC3)[C@H]2c2ccccc2)cc1. The van der Waals surface area contributed by atoms with E-state index in [4.69, 9.17) is 17.0 Å². The van der Waals surface area contributed by atoms with E-state index in [1.807, 2.05) is 47.4 Å². The molecule has 6 heteroatoms. The predicted molar refractivity (Wildman–Crippen MR) is 119 cm³/mol. The quantitative estimate of drug-likeness (QED) is 0.579. The van der Waals surface area contributed by atoms with Crippen LogP contribution in [0.15, 0.2) is 54.6 Å². The molecule has 4 rings (SSSR count). The van der Waals surface area contributed by atoms with Crippen molar-refractivity contribution in [1.29, 1.82) is 0 Å². The van der Waals surface area contributed by atoms with Crippen molar-refractivity contribution < 1.29 is 9.53 Å². The summed E-state index contributed by atoms with van der Waals surface area (Å²) in [5, 5.41) is 7.28. The van der Waals surface area contributed by atoms with Crippen molar-refractivity contribution in [3.05, 3.63) is 60.2 Å². The largest absolute Gasteiger partial charge is 0.497 e. The Morgan fingerprint density at radius 1 is 1.00 bits per heavy atom. The standard InChI is InChI=1S/C23H27N3O2S/c1-28-19-14-12-18(13-15-19)26-21(16-8-4-2-5-9-16)20(22(26)27)25-23(29)24-17-10-6-3-7-11-17/h2,4-5,8-9,12-15,17,20-21H,3,6-7,10-11H2,1H3,(H2,24,25,29)/t20-,21-/m1/s1. The molecule has 2 aromatic rings. The Labute approximate surface area is 177 Å². The molecule has 1 saturated carbocycles. The predicted octanol–water partition coefficient (Wildman–Crippen LogP) is 3.95. The number of hydrogen-bond donors (Lipinski definition) is 2. The number of nitrogens with one attached hydrogen (secondary N) is 2. The minimum atomic E-state index is -0.372. The fraction of sp³-hybridized carbons (Fsp3) is 0.391. The maximum atomic E-state index is 13.1. The number of benzene rings is 2. The molecule has 0 bridgehead atoms. The molecule has 2 atom stereocenters. The van der Waals surface area contributed by atoms with E-state index in [1.165, 1.54) is 19.3 Å². The summed E-state index contributed by atoms with van der Waals surface area (Å²) in [6, 6.07) is 17.6. The molecule has 152 valence electrons. The van der Waals surface area contributed by atoms with Gasteiger partial charge in [-0.1, -0.05) is 49.6 Å². The molecular weight excluding hydrogens is 382 g/mol. The van der Waals surface area contributed by atoms with Crippen LogP contribution in [0.2, 0.25) is 0 Å². The fourth-order valence-corrected chi connectivity index (χ4v) is 4.56. The van der Waals surface area contributed by atoms with Gasteiger partial charge in [0.05, 0.1) is 13.2 Å². The molecule has 0 unspecified atom stereocenters. The molecule has 1 amide bonds. The Kier molecular flexibility index (Phi) is 6.00. The molecule has 0 aromatic heterocycles. The third kappa shape index (κ3) is 4.22. The summed E-state index contributed by atoms with van der Waals surface area (Å²) in [6.07, 6.45) is 6.05. The van der Waals surface area contributed by atoms with Crippen LogP contribution in [0.3, 0.4) is 0 Å². The number of ether oxygens (including phenoxy) is 1. The lowest BCUT2D eigenvalue weighted by Gasteiger charge is -2.48. The second-order valence-corrected chi connectivity index (χ2v) is 8.10. The van der Waals surface area contributed by atoms with Gasteiger partial charge in [0, 0.05) is 11.7 Å². The van der Waals surface area contributed by atoms with Crippen molar-refractivity contribution >= 4 is 28.9 Å². The molecule has 2 aliphatic rings. The number of methoxy groups -OCH3 is 1. The molecule has 2 aromatic carbocycles. The minimum Gasteiger partial charge on any atom is -0.497 e. The number of nitrogens with zero attached hydrogens (tertiary/aromatic N) is 1. The van der Waals surface area contributed by atoms with E-state index in [9.17, 15) is 4.79 Å². The van der Waals surface area contributed by atoms with Crippen molar-refractivity contribution in [3.8, 4) is 5.75 Å². The summed E-state index contributed by atoms with van der Waals surface area (Å²) in [7, 11) is 1.64. The Morgan fingerprint density at radius 2 is 1.69 bits per heavy atom.